The average Bonchev–Trinajstić information content (AvgIpc) is 2.80. The summed E-state index contributed by atoms with van der Waals surface area (Å²) in [5, 5.41) is 13.1. The Morgan fingerprint density at radius 3 is 2.65 bits per heavy atom. The predicted octanol–water partition coefficient (Wildman–Crippen LogP) is 1.14. The lowest BCUT2D eigenvalue weighted by atomic mass is 10.1. The molecule has 2 rings (SSSR count). The highest BCUT2D eigenvalue weighted by Crippen LogP contribution is 2.18. The molecule has 6 nitrogen and oxygen atoms in total. The Morgan fingerprint density at radius 1 is 1.45 bits per heavy atom. The summed E-state index contributed by atoms with van der Waals surface area (Å²) >= 11 is 0. The van der Waals surface area contributed by atoms with Crippen LogP contribution in [0.3, 0.4) is 0 Å². The molecule has 0 bridgehead atoms. The largest absolute Gasteiger partial charge is 0.497 e. The van der Waals surface area contributed by atoms with Gasteiger partial charge in [-0.15, -0.1) is 0 Å². The van der Waals surface area contributed by atoms with E-state index in [1.165, 1.54) is 0 Å². The van der Waals surface area contributed by atoms with E-state index in [4.69, 9.17) is 15.6 Å². The van der Waals surface area contributed by atoms with Gasteiger partial charge in [0.15, 0.2) is 0 Å². The maximum Gasteiger partial charge on any atom is 0.320 e. The number of aromatic nitrogens is 2. The van der Waals surface area contributed by atoms with Crippen LogP contribution in [0.5, 0.6) is 5.75 Å². The van der Waals surface area contributed by atoms with Crippen LogP contribution in [0.1, 0.15) is 11.3 Å². The molecule has 1 heterocycles. The molecule has 2 aromatic rings. The fourth-order valence-corrected chi connectivity index (χ4v) is 1.95. The SMILES string of the molecule is COc1ccc(-n2ncc(CC(N)C(=O)O)c2C)cc1. The molecule has 0 saturated carbocycles. The molecule has 0 radical (unpaired) electrons. The molecular formula is C14H17N3O3. The van der Waals surface area contributed by atoms with E-state index < -0.39 is 12.0 Å². The van der Waals surface area contributed by atoms with Crippen molar-refractivity contribution in [1.29, 1.82) is 0 Å². The molecule has 0 saturated heterocycles. The van der Waals surface area contributed by atoms with Gasteiger partial charge < -0.3 is 15.6 Å². The number of hydrogen-bond donors (Lipinski definition) is 2. The second-order valence-electron chi connectivity index (χ2n) is 4.51. The van der Waals surface area contributed by atoms with Gasteiger partial charge in [0.25, 0.3) is 0 Å². The van der Waals surface area contributed by atoms with Crippen molar-refractivity contribution in [3.63, 3.8) is 0 Å². The molecule has 106 valence electrons. The third kappa shape index (κ3) is 2.80. The van der Waals surface area contributed by atoms with Gasteiger partial charge in [-0.3, -0.25) is 4.79 Å². The molecule has 20 heavy (non-hydrogen) atoms. The zero-order valence-electron chi connectivity index (χ0n) is 11.4. The lowest BCUT2D eigenvalue weighted by molar-refractivity contribution is -0.138. The number of carboxylic acids is 1. The molecule has 3 N–H and O–H groups in total. The molecule has 1 aromatic carbocycles. The Hall–Kier alpha value is -2.34. The normalized spacial score (nSPS) is 12.2. The molecule has 1 atom stereocenters. The average molecular weight is 275 g/mol. The van der Waals surface area contributed by atoms with Crippen molar-refractivity contribution < 1.29 is 14.6 Å². The molecule has 0 aliphatic rings. The van der Waals surface area contributed by atoms with Crippen molar-refractivity contribution in [2.45, 2.75) is 19.4 Å². The minimum Gasteiger partial charge on any atom is -0.497 e. The molecule has 0 fully saturated rings. The van der Waals surface area contributed by atoms with Gasteiger partial charge in [-0.2, -0.15) is 5.10 Å². The van der Waals surface area contributed by atoms with Crippen LogP contribution in [0.4, 0.5) is 0 Å². The summed E-state index contributed by atoms with van der Waals surface area (Å²) in [6.45, 7) is 1.89. The maximum atomic E-state index is 10.8. The smallest absolute Gasteiger partial charge is 0.320 e. The quantitative estimate of drug-likeness (QED) is 0.854. The number of rotatable bonds is 5. The summed E-state index contributed by atoms with van der Waals surface area (Å²) in [5.41, 5.74) is 8.15. The van der Waals surface area contributed by atoms with Crippen LogP contribution >= 0.6 is 0 Å². The highest BCUT2D eigenvalue weighted by Gasteiger charge is 2.16. The Balaban J connectivity index is 2.25. The number of carbonyl (C=O) groups is 1. The van der Waals surface area contributed by atoms with Gasteiger partial charge >= 0.3 is 5.97 Å². The topological polar surface area (TPSA) is 90.4 Å². The maximum absolute atomic E-state index is 10.8. The highest BCUT2D eigenvalue weighted by molar-refractivity contribution is 5.73. The Kier molecular flexibility index (Phi) is 4.05. The summed E-state index contributed by atoms with van der Waals surface area (Å²) in [5.74, 6) is -0.242. The summed E-state index contributed by atoms with van der Waals surface area (Å²) < 4.78 is 6.86. The van der Waals surface area contributed by atoms with Crippen LogP contribution in [0.25, 0.3) is 5.69 Å². The van der Waals surface area contributed by atoms with E-state index >= 15 is 0 Å². The van der Waals surface area contributed by atoms with Gasteiger partial charge in [0.1, 0.15) is 11.8 Å². The summed E-state index contributed by atoms with van der Waals surface area (Å²) in [6.07, 6.45) is 1.92. The van der Waals surface area contributed by atoms with E-state index in [2.05, 4.69) is 5.10 Å². The van der Waals surface area contributed by atoms with Gasteiger partial charge in [-0.05, 0) is 36.8 Å². The summed E-state index contributed by atoms with van der Waals surface area (Å²) in [4.78, 5) is 10.8. The van der Waals surface area contributed by atoms with Crippen molar-refractivity contribution >= 4 is 5.97 Å². The van der Waals surface area contributed by atoms with E-state index in [0.717, 1.165) is 22.7 Å². The molecular weight excluding hydrogens is 258 g/mol. The number of aliphatic carboxylic acids is 1. The van der Waals surface area contributed by atoms with Crippen LogP contribution < -0.4 is 10.5 Å². The molecule has 0 aliphatic heterocycles. The third-order valence-corrected chi connectivity index (χ3v) is 3.19. The van der Waals surface area contributed by atoms with Gasteiger partial charge in [-0.25, -0.2) is 4.68 Å². The monoisotopic (exact) mass is 275 g/mol. The van der Waals surface area contributed by atoms with E-state index in [9.17, 15) is 4.79 Å². The first-order valence-electron chi connectivity index (χ1n) is 6.19. The first-order chi connectivity index (χ1) is 9.52. The second-order valence-corrected chi connectivity index (χ2v) is 4.51. The molecule has 6 heteroatoms. The number of hydrogen-bond acceptors (Lipinski definition) is 4. The van der Waals surface area contributed by atoms with Crippen molar-refractivity contribution in [2.24, 2.45) is 5.73 Å². The van der Waals surface area contributed by atoms with Crippen LogP contribution in [0.15, 0.2) is 30.5 Å². The fourth-order valence-electron chi connectivity index (χ4n) is 1.95. The third-order valence-electron chi connectivity index (χ3n) is 3.19. The van der Waals surface area contributed by atoms with E-state index in [1.807, 2.05) is 31.2 Å². The number of methoxy groups -OCH3 is 1. The van der Waals surface area contributed by atoms with Gasteiger partial charge in [0.05, 0.1) is 19.0 Å². The van der Waals surface area contributed by atoms with Crippen molar-refractivity contribution in [3.8, 4) is 11.4 Å². The highest BCUT2D eigenvalue weighted by atomic mass is 16.5. The molecule has 1 aromatic heterocycles. The number of nitrogens with two attached hydrogens (primary N) is 1. The second kappa shape index (κ2) is 5.75. The molecule has 0 aliphatic carbocycles. The van der Waals surface area contributed by atoms with E-state index in [-0.39, 0.29) is 6.42 Å². The number of nitrogens with zero attached hydrogens (tertiary/aromatic N) is 2. The predicted molar refractivity (Wildman–Crippen MR) is 74.2 cm³/mol. The fraction of sp³-hybridized carbons (Fsp3) is 0.286. The first kappa shape index (κ1) is 14.1. The Morgan fingerprint density at radius 2 is 2.10 bits per heavy atom. The summed E-state index contributed by atoms with van der Waals surface area (Å²) in [6, 6.07) is 6.56. The van der Waals surface area contributed by atoms with Crippen molar-refractivity contribution in [3.05, 3.63) is 41.7 Å². The standard InChI is InChI=1S/C14H17N3O3/c1-9-10(7-13(15)14(18)19)8-16-17(9)11-3-5-12(20-2)6-4-11/h3-6,8,13H,7,15H2,1-2H3,(H,18,19). The number of ether oxygens (including phenoxy) is 1. The Bertz CT molecular complexity index is 605. The zero-order chi connectivity index (χ0) is 14.7. The number of benzene rings is 1. The van der Waals surface area contributed by atoms with E-state index in [1.54, 1.807) is 18.0 Å². The Labute approximate surface area is 116 Å². The molecule has 1 unspecified atom stereocenters. The van der Waals surface area contributed by atoms with Crippen LogP contribution in [0, 0.1) is 6.92 Å². The van der Waals surface area contributed by atoms with Gasteiger partial charge in [0.2, 0.25) is 0 Å². The van der Waals surface area contributed by atoms with Gasteiger partial charge in [-0.1, -0.05) is 0 Å². The van der Waals surface area contributed by atoms with E-state index in [0.29, 0.717) is 0 Å². The summed E-state index contributed by atoms with van der Waals surface area (Å²) in [7, 11) is 1.61. The van der Waals surface area contributed by atoms with Crippen molar-refractivity contribution in [2.75, 3.05) is 7.11 Å². The molecule has 0 spiro atoms. The van der Waals surface area contributed by atoms with Crippen LogP contribution in [-0.2, 0) is 11.2 Å². The lowest BCUT2D eigenvalue weighted by Gasteiger charge is -2.08. The van der Waals surface area contributed by atoms with Crippen LogP contribution in [-0.4, -0.2) is 34.0 Å². The van der Waals surface area contributed by atoms with Gasteiger partial charge in [0, 0.05) is 12.1 Å². The lowest BCUT2D eigenvalue weighted by Crippen LogP contribution is -2.32. The van der Waals surface area contributed by atoms with Crippen LogP contribution in [0.2, 0.25) is 0 Å². The molecule has 0 amide bonds. The minimum absolute atomic E-state index is 0.261. The number of carboxylic acid groups (broad SMARTS) is 1. The first-order valence-corrected chi connectivity index (χ1v) is 6.19. The zero-order valence-corrected chi connectivity index (χ0v) is 11.4. The minimum atomic E-state index is -1.01. The van der Waals surface area contributed by atoms with Crippen molar-refractivity contribution in [1.82, 2.24) is 9.78 Å².